The van der Waals surface area contributed by atoms with E-state index in [-0.39, 0.29) is 18.2 Å². The summed E-state index contributed by atoms with van der Waals surface area (Å²) in [6, 6.07) is 11.9. The number of hydrogen-bond acceptors (Lipinski definition) is 2. The van der Waals surface area contributed by atoms with Gasteiger partial charge in [0.25, 0.3) is 0 Å². The Hall–Kier alpha value is -2.62. The Balaban J connectivity index is 2.07. The maximum atomic E-state index is 12.3. The van der Waals surface area contributed by atoms with Crippen molar-refractivity contribution in [3.8, 4) is 0 Å². The van der Waals surface area contributed by atoms with E-state index in [0.29, 0.717) is 6.54 Å². The normalized spacial score (nSPS) is 10.4. The van der Waals surface area contributed by atoms with Crippen LogP contribution in [0.25, 0.3) is 0 Å². The van der Waals surface area contributed by atoms with Gasteiger partial charge in [-0.05, 0) is 56.5 Å². The van der Waals surface area contributed by atoms with Gasteiger partial charge in [0.1, 0.15) is 0 Å². The molecule has 0 atom stereocenters. The van der Waals surface area contributed by atoms with Gasteiger partial charge in [-0.15, -0.1) is 0 Å². The molecule has 0 aliphatic heterocycles. The van der Waals surface area contributed by atoms with Crippen LogP contribution in [0.1, 0.15) is 35.6 Å². The van der Waals surface area contributed by atoms with Crippen molar-refractivity contribution in [1.82, 2.24) is 0 Å². The Bertz CT molecular complexity index is 796. The molecular formula is C21H26N2O2. The van der Waals surface area contributed by atoms with Gasteiger partial charge in [-0.3, -0.25) is 9.59 Å². The summed E-state index contributed by atoms with van der Waals surface area (Å²) in [4.78, 5) is 26.0. The van der Waals surface area contributed by atoms with Crippen molar-refractivity contribution in [2.75, 3.05) is 16.8 Å². The fraction of sp³-hybridized carbons (Fsp3) is 0.333. The monoisotopic (exact) mass is 338 g/mol. The van der Waals surface area contributed by atoms with Crippen LogP contribution < -0.4 is 10.2 Å². The third kappa shape index (κ3) is 4.92. The first-order valence-electron chi connectivity index (χ1n) is 8.50. The Morgan fingerprint density at radius 2 is 1.56 bits per heavy atom. The van der Waals surface area contributed by atoms with E-state index in [4.69, 9.17) is 0 Å². The second-order valence-electron chi connectivity index (χ2n) is 6.58. The number of amides is 2. The third-order valence-corrected chi connectivity index (χ3v) is 4.25. The molecule has 0 heterocycles. The maximum absolute atomic E-state index is 12.3. The molecule has 0 saturated carbocycles. The molecule has 4 nitrogen and oxygen atoms in total. The number of rotatable bonds is 5. The summed E-state index contributed by atoms with van der Waals surface area (Å²) < 4.78 is 0. The summed E-state index contributed by atoms with van der Waals surface area (Å²) >= 11 is 0. The van der Waals surface area contributed by atoms with Crippen molar-refractivity contribution >= 4 is 23.2 Å². The van der Waals surface area contributed by atoms with Crippen LogP contribution >= 0.6 is 0 Å². The zero-order chi connectivity index (χ0) is 18.6. The summed E-state index contributed by atoms with van der Waals surface area (Å²) in [5.74, 6) is -0.156. The van der Waals surface area contributed by atoms with E-state index < -0.39 is 0 Å². The van der Waals surface area contributed by atoms with Gasteiger partial charge in [0.2, 0.25) is 11.8 Å². The predicted molar refractivity (Wildman–Crippen MR) is 103 cm³/mol. The second-order valence-corrected chi connectivity index (χ2v) is 6.58. The average molecular weight is 338 g/mol. The van der Waals surface area contributed by atoms with Crippen LogP contribution in [0.4, 0.5) is 11.4 Å². The van der Waals surface area contributed by atoms with Gasteiger partial charge in [0.05, 0.1) is 0 Å². The topological polar surface area (TPSA) is 49.4 Å². The number of nitrogens with one attached hydrogen (secondary N) is 1. The van der Waals surface area contributed by atoms with Gasteiger partial charge >= 0.3 is 0 Å². The lowest BCUT2D eigenvalue weighted by Gasteiger charge is -2.23. The van der Waals surface area contributed by atoms with E-state index in [9.17, 15) is 9.59 Å². The largest absolute Gasteiger partial charge is 0.326 e. The molecule has 2 aromatic carbocycles. The maximum Gasteiger partial charge on any atom is 0.226 e. The smallest absolute Gasteiger partial charge is 0.226 e. The lowest BCUT2D eigenvalue weighted by molar-refractivity contribution is -0.117. The molecule has 2 amide bonds. The van der Waals surface area contributed by atoms with Gasteiger partial charge < -0.3 is 10.2 Å². The zero-order valence-corrected chi connectivity index (χ0v) is 15.6. The van der Waals surface area contributed by atoms with Crippen LogP contribution in [-0.2, 0) is 9.59 Å². The molecule has 1 N–H and O–H groups in total. The molecule has 0 aliphatic carbocycles. The summed E-state index contributed by atoms with van der Waals surface area (Å²) in [5, 5.41) is 2.94. The standard InChI is InChI=1S/C21H26N2O2/c1-14-7-9-20(17(4)12-14)23(18(5)24)11-10-21(25)22-19-13-15(2)6-8-16(19)3/h6-9,12-13H,10-11H2,1-5H3,(H,22,25). The van der Waals surface area contributed by atoms with Crippen LogP contribution in [-0.4, -0.2) is 18.4 Å². The van der Waals surface area contributed by atoms with Crippen molar-refractivity contribution in [2.24, 2.45) is 0 Å². The molecule has 0 unspecified atom stereocenters. The zero-order valence-electron chi connectivity index (χ0n) is 15.6. The van der Waals surface area contributed by atoms with Gasteiger partial charge in [0, 0.05) is 31.3 Å². The Morgan fingerprint density at radius 3 is 2.20 bits per heavy atom. The van der Waals surface area contributed by atoms with Crippen LogP contribution in [0.5, 0.6) is 0 Å². The molecule has 0 spiro atoms. The summed E-state index contributed by atoms with van der Waals surface area (Å²) in [6.45, 7) is 9.85. The van der Waals surface area contributed by atoms with Crippen molar-refractivity contribution in [3.63, 3.8) is 0 Å². The van der Waals surface area contributed by atoms with Gasteiger partial charge in [-0.1, -0.05) is 29.8 Å². The summed E-state index contributed by atoms with van der Waals surface area (Å²) in [7, 11) is 0. The highest BCUT2D eigenvalue weighted by Crippen LogP contribution is 2.22. The van der Waals surface area contributed by atoms with Crippen LogP contribution in [0.15, 0.2) is 36.4 Å². The summed E-state index contributed by atoms with van der Waals surface area (Å²) in [6.07, 6.45) is 0.250. The van der Waals surface area contributed by atoms with Gasteiger partial charge in [0.15, 0.2) is 0 Å². The van der Waals surface area contributed by atoms with E-state index >= 15 is 0 Å². The quantitative estimate of drug-likeness (QED) is 0.883. The predicted octanol–water partition coefficient (Wildman–Crippen LogP) is 4.30. The van der Waals surface area contributed by atoms with E-state index in [0.717, 1.165) is 33.6 Å². The average Bonchev–Trinajstić information content (AvgIpc) is 2.52. The van der Waals surface area contributed by atoms with E-state index in [1.165, 1.54) is 6.92 Å². The minimum absolute atomic E-state index is 0.0634. The summed E-state index contributed by atoms with van der Waals surface area (Å²) in [5.41, 5.74) is 5.99. The molecule has 25 heavy (non-hydrogen) atoms. The molecule has 4 heteroatoms. The minimum Gasteiger partial charge on any atom is -0.326 e. The van der Waals surface area contributed by atoms with Crippen molar-refractivity contribution in [2.45, 2.75) is 41.0 Å². The van der Waals surface area contributed by atoms with Crippen molar-refractivity contribution < 1.29 is 9.59 Å². The van der Waals surface area contributed by atoms with Crippen molar-refractivity contribution in [1.29, 1.82) is 0 Å². The third-order valence-electron chi connectivity index (χ3n) is 4.25. The highest BCUT2D eigenvalue weighted by atomic mass is 16.2. The first kappa shape index (κ1) is 18.7. The molecule has 0 aromatic heterocycles. The molecule has 132 valence electrons. The minimum atomic E-state index is -0.0929. The van der Waals surface area contributed by atoms with Gasteiger partial charge in [-0.2, -0.15) is 0 Å². The van der Waals surface area contributed by atoms with E-state index in [1.54, 1.807) is 4.90 Å². The molecule has 0 bridgehead atoms. The second kappa shape index (κ2) is 7.97. The molecule has 0 fully saturated rings. The number of carbonyl (C=O) groups excluding carboxylic acids is 2. The molecule has 2 rings (SSSR count). The van der Waals surface area contributed by atoms with Crippen molar-refractivity contribution in [3.05, 3.63) is 58.7 Å². The highest BCUT2D eigenvalue weighted by molar-refractivity contribution is 5.95. The first-order valence-corrected chi connectivity index (χ1v) is 8.50. The molecule has 0 radical (unpaired) electrons. The number of anilines is 2. The number of hydrogen-bond donors (Lipinski definition) is 1. The fourth-order valence-electron chi connectivity index (χ4n) is 2.85. The molecule has 0 aliphatic rings. The van der Waals surface area contributed by atoms with Crippen LogP contribution in [0.3, 0.4) is 0 Å². The van der Waals surface area contributed by atoms with Crippen LogP contribution in [0, 0.1) is 27.7 Å². The number of carbonyl (C=O) groups is 2. The Kier molecular flexibility index (Phi) is 5.97. The Morgan fingerprint density at radius 1 is 0.920 bits per heavy atom. The molecule has 2 aromatic rings. The lowest BCUT2D eigenvalue weighted by Crippen LogP contribution is -2.32. The Labute approximate surface area is 149 Å². The first-order chi connectivity index (χ1) is 11.8. The lowest BCUT2D eigenvalue weighted by atomic mass is 10.1. The number of aryl methyl sites for hydroxylation is 4. The highest BCUT2D eigenvalue weighted by Gasteiger charge is 2.16. The van der Waals surface area contributed by atoms with E-state index in [1.807, 2.05) is 64.1 Å². The van der Waals surface area contributed by atoms with Gasteiger partial charge in [-0.25, -0.2) is 0 Å². The van der Waals surface area contributed by atoms with E-state index in [2.05, 4.69) is 5.32 Å². The number of benzene rings is 2. The molecule has 0 saturated heterocycles. The fourth-order valence-corrected chi connectivity index (χ4v) is 2.85. The van der Waals surface area contributed by atoms with Crippen LogP contribution in [0.2, 0.25) is 0 Å². The SMILES string of the molecule is CC(=O)N(CCC(=O)Nc1cc(C)ccc1C)c1ccc(C)cc1C. The molecular weight excluding hydrogens is 312 g/mol. The number of nitrogens with zero attached hydrogens (tertiary/aromatic N) is 1.